The Kier molecular flexibility index (Phi) is 6.24. The van der Waals surface area contributed by atoms with E-state index >= 15 is 0 Å². The number of allylic oxidation sites excluding steroid dienone is 4. The highest BCUT2D eigenvalue weighted by molar-refractivity contribution is 5.84. The van der Waals surface area contributed by atoms with Gasteiger partial charge in [-0.1, -0.05) is 98.8 Å². The molecule has 0 unspecified atom stereocenters. The zero-order valence-corrected chi connectivity index (χ0v) is 21.6. The van der Waals surface area contributed by atoms with Crippen molar-refractivity contribution in [2.45, 2.75) is 33.1 Å². The number of rotatable bonds is 6. The van der Waals surface area contributed by atoms with Crippen molar-refractivity contribution >= 4 is 11.4 Å². The van der Waals surface area contributed by atoms with E-state index in [0.717, 1.165) is 17.1 Å². The number of hydrogen-bond acceptors (Lipinski definition) is 1. The van der Waals surface area contributed by atoms with Crippen LogP contribution < -0.4 is 4.90 Å². The normalized spacial score (nSPS) is 13.9. The van der Waals surface area contributed by atoms with Crippen LogP contribution in [0.25, 0.3) is 22.3 Å². The number of hydrogen-bond donors (Lipinski definition) is 0. The summed E-state index contributed by atoms with van der Waals surface area (Å²) >= 11 is 0. The van der Waals surface area contributed by atoms with Gasteiger partial charge in [0.25, 0.3) is 0 Å². The molecule has 0 amide bonds. The highest BCUT2D eigenvalue weighted by Gasteiger charge is 2.35. The monoisotopic (exact) mass is 467 g/mol. The molecule has 0 atom stereocenters. The van der Waals surface area contributed by atoms with Crippen molar-refractivity contribution in [1.29, 1.82) is 0 Å². The first kappa shape index (κ1) is 23.6. The van der Waals surface area contributed by atoms with E-state index in [1.807, 2.05) is 19.1 Å². The maximum absolute atomic E-state index is 4.09. The second kappa shape index (κ2) is 9.51. The molecular formula is C35H33N. The zero-order valence-electron chi connectivity index (χ0n) is 21.6. The van der Waals surface area contributed by atoms with Crippen LogP contribution in [0.1, 0.15) is 37.5 Å². The summed E-state index contributed by atoms with van der Waals surface area (Å²) in [5.41, 5.74) is 12.5. The lowest BCUT2D eigenvalue weighted by atomic mass is 9.81. The van der Waals surface area contributed by atoms with Crippen LogP contribution in [0.4, 0.5) is 11.4 Å². The van der Waals surface area contributed by atoms with Gasteiger partial charge in [-0.15, -0.1) is 0 Å². The topological polar surface area (TPSA) is 3.24 Å². The van der Waals surface area contributed by atoms with Crippen LogP contribution in [0.5, 0.6) is 0 Å². The van der Waals surface area contributed by atoms with Crippen molar-refractivity contribution in [3.63, 3.8) is 0 Å². The maximum Gasteiger partial charge on any atom is 0.0462 e. The van der Waals surface area contributed by atoms with E-state index in [1.165, 1.54) is 38.9 Å². The average Bonchev–Trinajstić information content (AvgIpc) is 3.14. The molecule has 5 rings (SSSR count). The third-order valence-electron chi connectivity index (χ3n) is 7.26. The van der Waals surface area contributed by atoms with Crippen molar-refractivity contribution in [1.82, 2.24) is 0 Å². The summed E-state index contributed by atoms with van der Waals surface area (Å²) in [5.74, 6) is 0. The molecule has 178 valence electrons. The Morgan fingerprint density at radius 2 is 1.36 bits per heavy atom. The van der Waals surface area contributed by atoms with Gasteiger partial charge in [-0.2, -0.15) is 0 Å². The second-order valence-corrected chi connectivity index (χ2v) is 9.97. The predicted octanol–water partition coefficient (Wildman–Crippen LogP) is 9.75. The number of anilines is 2. The van der Waals surface area contributed by atoms with Crippen LogP contribution in [0.15, 0.2) is 128 Å². The SMILES string of the molecule is C=C/C(=C\C=C\C)N(c1ccc(C)cc1)c1ccc(-c2ccc3c(c2)C(C)(C)c2ccccc2-3)cc1. The lowest BCUT2D eigenvalue weighted by Gasteiger charge is -2.26. The van der Waals surface area contributed by atoms with Crippen molar-refractivity contribution in [3.8, 4) is 22.3 Å². The van der Waals surface area contributed by atoms with E-state index in [1.54, 1.807) is 0 Å². The van der Waals surface area contributed by atoms with E-state index in [2.05, 4.69) is 135 Å². The lowest BCUT2D eigenvalue weighted by molar-refractivity contribution is 0.660. The number of benzene rings is 4. The molecule has 0 radical (unpaired) electrons. The molecule has 0 saturated carbocycles. The minimum Gasteiger partial charge on any atom is -0.311 e. The predicted molar refractivity (Wildman–Crippen MR) is 156 cm³/mol. The van der Waals surface area contributed by atoms with E-state index in [4.69, 9.17) is 0 Å². The molecule has 0 aliphatic heterocycles. The summed E-state index contributed by atoms with van der Waals surface area (Å²) < 4.78 is 0. The summed E-state index contributed by atoms with van der Waals surface area (Å²) in [6, 6.07) is 33.2. The van der Waals surface area contributed by atoms with Gasteiger partial charge in [-0.3, -0.25) is 0 Å². The van der Waals surface area contributed by atoms with E-state index in [-0.39, 0.29) is 5.41 Å². The maximum atomic E-state index is 4.09. The molecule has 0 heterocycles. The molecule has 1 aliphatic carbocycles. The molecule has 0 fully saturated rings. The Labute approximate surface area is 215 Å². The van der Waals surface area contributed by atoms with E-state index in [0.29, 0.717) is 0 Å². The Hall–Kier alpha value is -4.10. The molecule has 0 saturated heterocycles. The first-order valence-corrected chi connectivity index (χ1v) is 12.6. The second-order valence-electron chi connectivity index (χ2n) is 9.97. The first-order valence-electron chi connectivity index (χ1n) is 12.6. The molecule has 0 aromatic heterocycles. The van der Waals surface area contributed by atoms with Gasteiger partial charge in [0.15, 0.2) is 0 Å². The van der Waals surface area contributed by atoms with Gasteiger partial charge >= 0.3 is 0 Å². The van der Waals surface area contributed by atoms with Crippen LogP contribution >= 0.6 is 0 Å². The molecule has 0 bridgehead atoms. The quantitative estimate of drug-likeness (QED) is 0.255. The fourth-order valence-corrected chi connectivity index (χ4v) is 5.26. The van der Waals surface area contributed by atoms with Crippen LogP contribution in [-0.2, 0) is 5.41 Å². The molecule has 4 aromatic rings. The van der Waals surface area contributed by atoms with Gasteiger partial charge in [0.1, 0.15) is 0 Å². The molecule has 4 aromatic carbocycles. The minimum atomic E-state index is 0.000565. The van der Waals surface area contributed by atoms with Gasteiger partial charge in [-0.25, -0.2) is 0 Å². The number of nitrogens with zero attached hydrogens (tertiary/aromatic N) is 1. The average molecular weight is 468 g/mol. The van der Waals surface area contributed by atoms with Gasteiger partial charge < -0.3 is 4.90 Å². The Morgan fingerprint density at radius 3 is 2.03 bits per heavy atom. The highest BCUT2D eigenvalue weighted by Crippen LogP contribution is 2.49. The number of aryl methyl sites for hydroxylation is 1. The molecular weight excluding hydrogens is 434 g/mol. The standard InChI is InChI=1S/C35H33N/c1-6-8-11-28(7-2)36(29-19-14-25(3)15-20-29)30-21-16-26(17-22-30)27-18-23-32-31-12-9-10-13-33(31)35(4,5)34(32)24-27/h6-24H,2H2,1,3-5H3/b8-6+,28-11+. The van der Waals surface area contributed by atoms with Gasteiger partial charge in [-0.05, 0) is 89.7 Å². The summed E-state index contributed by atoms with van der Waals surface area (Å²) in [5, 5.41) is 0. The fourth-order valence-electron chi connectivity index (χ4n) is 5.26. The summed E-state index contributed by atoms with van der Waals surface area (Å²) in [4.78, 5) is 2.25. The van der Waals surface area contributed by atoms with Gasteiger partial charge in [0.05, 0.1) is 0 Å². The van der Waals surface area contributed by atoms with Gasteiger partial charge in [0, 0.05) is 22.5 Å². The molecule has 0 N–H and O–H groups in total. The van der Waals surface area contributed by atoms with E-state index in [9.17, 15) is 0 Å². The van der Waals surface area contributed by atoms with Crippen LogP contribution in [-0.4, -0.2) is 0 Å². The molecule has 36 heavy (non-hydrogen) atoms. The summed E-state index contributed by atoms with van der Waals surface area (Å²) in [7, 11) is 0. The summed E-state index contributed by atoms with van der Waals surface area (Å²) in [6.45, 7) is 12.9. The van der Waals surface area contributed by atoms with Crippen molar-refractivity contribution in [3.05, 3.63) is 144 Å². The summed E-state index contributed by atoms with van der Waals surface area (Å²) in [6.07, 6.45) is 8.10. The van der Waals surface area contributed by atoms with Crippen LogP contribution in [0, 0.1) is 6.92 Å². The molecule has 1 nitrogen and oxygen atoms in total. The smallest absolute Gasteiger partial charge is 0.0462 e. The number of fused-ring (bicyclic) bond motifs is 3. The first-order chi connectivity index (χ1) is 17.4. The lowest BCUT2D eigenvalue weighted by Crippen LogP contribution is -2.15. The Balaban J connectivity index is 1.54. The van der Waals surface area contributed by atoms with Gasteiger partial charge in [0.2, 0.25) is 0 Å². The third-order valence-corrected chi connectivity index (χ3v) is 7.26. The molecule has 0 spiro atoms. The fraction of sp³-hybridized carbons (Fsp3) is 0.143. The van der Waals surface area contributed by atoms with Crippen molar-refractivity contribution < 1.29 is 0 Å². The largest absolute Gasteiger partial charge is 0.311 e. The van der Waals surface area contributed by atoms with Crippen LogP contribution in [0.2, 0.25) is 0 Å². The molecule has 1 heteroatoms. The Morgan fingerprint density at radius 1 is 0.750 bits per heavy atom. The van der Waals surface area contributed by atoms with Crippen LogP contribution in [0.3, 0.4) is 0 Å². The zero-order chi connectivity index (χ0) is 25.3. The third kappa shape index (κ3) is 4.12. The Bertz CT molecular complexity index is 1460. The van der Waals surface area contributed by atoms with Crippen molar-refractivity contribution in [2.75, 3.05) is 4.90 Å². The highest BCUT2D eigenvalue weighted by atomic mass is 15.1. The van der Waals surface area contributed by atoms with E-state index < -0.39 is 0 Å². The van der Waals surface area contributed by atoms with Crippen molar-refractivity contribution in [2.24, 2.45) is 0 Å². The minimum absolute atomic E-state index is 0.000565. The molecule has 1 aliphatic rings.